The highest BCUT2D eigenvalue weighted by molar-refractivity contribution is 5.69. The summed E-state index contributed by atoms with van der Waals surface area (Å²) in [4.78, 5) is 14.0. The molecule has 0 heterocycles. The molecule has 0 fully saturated rings. The van der Waals surface area contributed by atoms with Gasteiger partial charge in [-0.25, -0.2) is 4.79 Å². The third-order valence-electron chi connectivity index (χ3n) is 2.68. The van der Waals surface area contributed by atoms with Crippen LogP contribution in [0.4, 0.5) is 4.79 Å². The number of terminal acetylenes is 1. The summed E-state index contributed by atoms with van der Waals surface area (Å²) < 4.78 is 5.46. The fourth-order valence-electron chi connectivity index (χ4n) is 1.69. The van der Waals surface area contributed by atoms with Crippen LogP contribution >= 0.6 is 0 Å². The Kier molecular flexibility index (Phi) is 7.08. The molecule has 0 aromatic rings. The molecule has 0 saturated carbocycles. The second-order valence-electron chi connectivity index (χ2n) is 7.07. The monoisotopic (exact) mass is 282 g/mol. The number of carbonyl (C=O) groups excluding carboxylic acids is 1. The van der Waals surface area contributed by atoms with Crippen LogP contribution in [0.15, 0.2) is 0 Å². The molecule has 0 radical (unpaired) electrons. The molecule has 1 atom stereocenters. The lowest BCUT2D eigenvalue weighted by molar-refractivity contribution is 0.00650. The van der Waals surface area contributed by atoms with Crippen LogP contribution in [-0.2, 0) is 4.74 Å². The van der Waals surface area contributed by atoms with Gasteiger partial charge in [0, 0.05) is 31.1 Å². The number of nitrogens with zero attached hydrogens (tertiary/aromatic N) is 1. The molecule has 0 aliphatic carbocycles. The average molecular weight is 282 g/mol. The number of hydrogen-bond acceptors (Lipinski definition) is 3. The van der Waals surface area contributed by atoms with E-state index in [9.17, 15) is 4.79 Å². The van der Waals surface area contributed by atoms with Crippen LogP contribution in [0.5, 0.6) is 0 Å². The number of rotatable bonds is 5. The summed E-state index contributed by atoms with van der Waals surface area (Å²) in [5, 5.41) is 3.31. The first-order chi connectivity index (χ1) is 8.97. The molecule has 4 nitrogen and oxygen atoms in total. The van der Waals surface area contributed by atoms with Crippen molar-refractivity contribution in [1.82, 2.24) is 10.2 Å². The smallest absolute Gasteiger partial charge is 0.410 e. The zero-order valence-corrected chi connectivity index (χ0v) is 14.0. The Hall–Kier alpha value is -1.21. The molecule has 0 bridgehead atoms. The van der Waals surface area contributed by atoms with Gasteiger partial charge in [0.15, 0.2) is 0 Å². The number of amides is 1. The fourth-order valence-corrected chi connectivity index (χ4v) is 1.69. The predicted octanol–water partition coefficient (Wildman–Crippen LogP) is 3.02. The van der Waals surface area contributed by atoms with Crippen LogP contribution in [-0.4, -0.2) is 41.3 Å². The maximum atomic E-state index is 12.3. The van der Waals surface area contributed by atoms with Crippen molar-refractivity contribution in [3.05, 3.63) is 0 Å². The van der Waals surface area contributed by atoms with Crippen LogP contribution < -0.4 is 5.32 Å². The fraction of sp³-hybridized carbons (Fsp3) is 0.812. The van der Waals surface area contributed by atoms with Gasteiger partial charge in [0.25, 0.3) is 0 Å². The van der Waals surface area contributed by atoms with E-state index in [1.54, 1.807) is 4.90 Å². The van der Waals surface area contributed by atoms with E-state index in [1.165, 1.54) is 0 Å². The number of hydrogen-bond donors (Lipinski definition) is 1. The Balaban J connectivity index is 4.53. The molecule has 1 unspecified atom stereocenters. The third-order valence-corrected chi connectivity index (χ3v) is 2.68. The minimum absolute atomic E-state index is 0.250. The van der Waals surface area contributed by atoms with Crippen molar-refractivity contribution in [3.8, 4) is 12.3 Å². The minimum atomic E-state index is -0.481. The van der Waals surface area contributed by atoms with E-state index in [2.05, 4.69) is 11.2 Å². The maximum absolute atomic E-state index is 12.3. The van der Waals surface area contributed by atoms with Crippen molar-refractivity contribution >= 4 is 6.09 Å². The van der Waals surface area contributed by atoms with E-state index < -0.39 is 5.60 Å². The highest BCUT2D eigenvalue weighted by atomic mass is 16.6. The standard InChI is InChI=1S/C16H30N2O2/c1-9-10-13(2)17-11-12-18(15(3,4)5)14(19)20-16(6,7)8/h1,13,17H,10-12H2,2-8H3. The van der Waals surface area contributed by atoms with Crippen LogP contribution in [0.1, 0.15) is 54.9 Å². The van der Waals surface area contributed by atoms with Gasteiger partial charge in [-0.3, -0.25) is 0 Å². The van der Waals surface area contributed by atoms with Gasteiger partial charge in [-0.1, -0.05) is 0 Å². The molecular formula is C16H30N2O2. The molecule has 0 aliphatic heterocycles. The minimum Gasteiger partial charge on any atom is -0.444 e. The Morgan fingerprint density at radius 3 is 2.25 bits per heavy atom. The summed E-state index contributed by atoms with van der Waals surface area (Å²) in [6, 6.07) is 0.250. The normalized spacial score (nSPS) is 13.5. The first-order valence-corrected chi connectivity index (χ1v) is 7.15. The quantitative estimate of drug-likeness (QED) is 0.788. The topological polar surface area (TPSA) is 41.6 Å². The summed E-state index contributed by atoms with van der Waals surface area (Å²) in [5.74, 6) is 2.62. The third kappa shape index (κ3) is 8.06. The zero-order valence-electron chi connectivity index (χ0n) is 14.0. The molecule has 20 heavy (non-hydrogen) atoms. The van der Waals surface area contributed by atoms with E-state index >= 15 is 0 Å². The molecule has 0 saturated heterocycles. The van der Waals surface area contributed by atoms with Crippen molar-refractivity contribution in [1.29, 1.82) is 0 Å². The lowest BCUT2D eigenvalue weighted by Crippen LogP contribution is -2.50. The lowest BCUT2D eigenvalue weighted by atomic mass is 10.1. The molecule has 1 amide bonds. The maximum Gasteiger partial charge on any atom is 0.410 e. The largest absolute Gasteiger partial charge is 0.444 e. The molecule has 0 rings (SSSR count). The van der Waals surface area contributed by atoms with E-state index in [0.29, 0.717) is 19.5 Å². The molecule has 0 aromatic carbocycles. The second kappa shape index (κ2) is 7.54. The molecule has 1 N–H and O–H groups in total. The van der Waals surface area contributed by atoms with Gasteiger partial charge in [0.2, 0.25) is 0 Å². The van der Waals surface area contributed by atoms with E-state index in [4.69, 9.17) is 11.2 Å². The lowest BCUT2D eigenvalue weighted by Gasteiger charge is -2.37. The summed E-state index contributed by atoms with van der Waals surface area (Å²) >= 11 is 0. The molecule has 116 valence electrons. The Morgan fingerprint density at radius 2 is 1.85 bits per heavy atom. The Morgan fingerprint density at radius 1 is 1.30 bits per heavy atom. The van der Waals surface area contributed by atoms with Gasteiger partial charge in [-0.2, -0.15) is 0 Å². The number of ether oxygens (including phenoxy) is 1. The van der Waals surface area contributed by atoms with Gasteiger partial charge in [0.05, 0.1) is 0 Å². The van der Waals surface area contributed by atoms with Crippen molar-refractivity contribution in [2.24, 2.45) is 0 Å². The number of nitrogens with one attached hydrogen (secondary N) is 1. The number of carbonyl (C=O) groups is 1. The molecule has 4 heteroatoms. The van der Waals surface area contributed by atoms with Crippen molar-refractivity contribution in [2.75, 3.05) is 13.1 Å². The highest BCUT2D eigenvalue weighted by Crippen LogP contribution is 2.17. The van der Waals surface area contributed by atoms with Gasteiger partial charge in [-0.05, 0) is 48.5 Å². The van der Waals surface area contributed by atoms with Gasteiger partial charge in [-0.15, -0.1) is 12.3 Å². The molecule has 0 aromatic heterocycles. The first kappa shape index (κ1) is 18.8. The van der Waals surface area contributed by atoms with Crippen LogP contribution in [0.3, 0.4) is 0 Å². The van der Waals surface area contributed by atoms with Crippen molar-refractivity contribution in [2.45, 2.75) is 72.1 Å². The van der Waals surface area contributed by atoms with Gasteiger partial charge >= 0.3 is 6.09 Å². The first-order valence-electron chi connectivity index (χ1n) is 7.15. The molecule has 0 aliphatic rings. The summed E-state index contributed by atoms with van der Waals surface area (Å²) in [6.45, 7) is 14.9. The van der Waals surface area contributed by atoms with Gasteiger partial charge in [0.1, 0.15) is 5.60 Å². The predicted molar refractivity (Wildman–Crippen MR) is 83.6 cm³/mol. The molecular weight excluding hydrogens is 252 g/mol. The second-order valence-corrected chi connectivity index (χ2v) is 7.07. The van der Waals surface area contributed by atoms with E-state index in [-0.39, 0.29) is 17.7 Å². The van der Waals surface area contributed by atoms with E-state index in [0.717, 1.165) is 0 Å². The van der Waals surface area contributed by atoms with Crippen molar-refractivity contribution in [3.63, 3.8) is 0 Å². The van der Waals surface area contributed by atoms with Crippen LogP contribution in [0, 0.1) is 12.3 Å². The average Bonchev–Trinajstić information content (AvgIpc) is 2.20. The van der Waals surface area contributed by atoms with Crippen molar-refractivity contribution < 1.29 is 9.53 Å². The zero-order chi connectivity index (χ0) is 16.0. The molecule has 0 spiro atoms. The summed E-state index contributed by atoms with van der Waals surface area (Å²) in [5.41, 5.74) is -0.760. The van der Waals surface area contributed by atoms with Gasteiger partial charge < -0.3 is 15.0 Å². The SMILES string of the molecule is C#CCC(C)NCCN(C(=O)OC(C)(C)C)C(C)(C)C. The summed E-state index contributed by atoms with van der Waals surface area (Å²) in [7, 11) is 0. The van der Waals surface area contributed by atoms with Crippen LogP contribution in [0.25, 0.3) is 0 Å². The Labute approximate surface area is 124 Å². The van der Waals surface area contributed by atoms with E-state index in [1.807, 2.05) is 48.5 Å². The Bertz CT molecular complexity index is 345. The summed E-state index contributed by atoms with van der Waals surface area (Å²) in [6.07, 6.45) is 5.67. The van der Waals surface area contributed by atoms with Crippen LogP contribution in [0.2, 0.25) is 0 Å². The highest BCUT2D eigenvalue weighted by Gasteiger charge is 2.30.